The molecule has 0 atom stereocenters. The van der Waals surface area contributed by atoms with Gasteiger partial charge in [-0.1, -0.05) is 24.3 Å². The van der Waals surface area contributed by atoms with Crippen molar-refractivity contribution in [1.29, 1.82) is 0 Å². The zero-order chi connectivity index (χ0) is 16.2. The molecule has 2 aromatic rings. The normalized spacial score (nSPS) is 11.2. The minimum absolute atomic E-state index is 0.0482. The lowest BCUT2D eigenvalue weighted by atomic mass is 10.1. The van der Waals surface area contributed by atoms with E-state index in [1.165, 1.54) is 6.26 Å². The number of carbonyl (C=O) groups excluding carboxylic acids is 1. The van der Waals surface area contributed by atoms with E-state index in [0.29, 0.717) is 22.4 Å². The molecule has 2 rings (SSSR count). The average molecular weight is 319 g/mol. The van der Waals surface area contributed by atoms with Crippen molar-refractivity contribution in [3.8, 4) is 0 Å². The molecule has 0 fully saturated rings. The van der Waals surface area contributed by atoms with E-state index in [4.69, 9.17) is 5.11 Å². The predicted octanol–water partition coefficient (Wildman–Crippen LogP) is 1.98. The maximum Gasteiger partial charge on any atom is 0.255 e. The smallest absolute Gasteiger partial charge is 0.255 e. The summed E-state index contributed by atoms with van der Waals surface area (Å²) in [4.78, 5) is 12.1. The summed E-state index contributed by atoms with van der Waals surface area (Å²) < 4.78 is 22.4. The number of hydrogen-bond donors (Lipinski definition) is 2. The van der Waals surface area contributed by atoms with Gasteiger partial charge in [-0.3, -0.25) is 4.79 Å². The summed E-state index contributed by atoms with van der Waals surface area (Å²) in [5.74, 6) is -0.339. The molecule has 0 bridgehead atoms. The molecule has 0 aliphatic carbocycles. The van der Waals surface area contributed by atoms with E-state index < -0.39 is 9.84 Å². The average Bonchev–Trinajstić information content (AvgIpc) is 2.46. The Balaban J connectivity index is 2.09. The van der Waals surface area contributed by atoms with Crippen molar-refractivity contribution in [2.75, 3.05) is 11.6 Å². The van der Waals surface area contributed by atoms with Crippen molar-refractivity contribution in [2.45, 2.75) is 12.4 Å². The number of amides is 1. The SMILES string of the molecule is CS(=O)(=O)Cc1ccc(C(=O)Nc2cccc(CO)c2)cc1. The van der Waals surface area contributed by atoms with Crippen molar-refractivity contribution in [1.82, 2.24) is 0 Å². The largest absolute Gasteiger partial charge is 0.392 e. The van der Waals surface area contributed by atoms with Gasteiger partial charge in [0.1, 0.15) is 0 Å². The fraction of sp³-hybridized carbons (Fsp3) is 0.188. The summed E-state index contributed by atoms with van der Waals surface area (Å²) in [6, 6.07) is 13.4. The van der Waals surface area contributed by atoms with Crippen molar-refractivity contribution >= 4 is 21.4 Å². The van der Waals surface area contributed by atoms with Gasteiger partial charge in [-0.15, -0.1) is 0 Å². The van der Waals surface area contributed by atoms with Gasteiger partial charge in [0.15, 0.2) is 9.84 Å². The number of rotatable bonds is 5. The first-order valence-corrected chi connectivity index (χ1v) is 8.71. The number of hydrogen-bond acceptors (Lipinski definition) is 4. The molecule has 2 N–H and O–H groups in total. The summed E-state index contributed by atoms with van der Waals surface area (Å²) in [6.07, 6.45) is 1.17. The van der Waals surface area contributed by atoms with Crippen LogP contribution in [0.4, 0.5) is 5.69 Å². The summed E-state index contributed by atoms with van der Waals surface area (Å²) in [7, 11) is -3.09. The Hall–Kier alpha value is -2.18. The monoisotopic (exact) mass is 319 g/mol. The lowest BCUT2D eigenvalue weighted by Gasteiger charge is -2.07. The Labute approximate surface area is 129 Å². The molecule has 0 aliphatic rings. The number of nitrogens with one attached hydrogen (secondary N) is 1. The Kier molecular flexibility index (Phi) is 4.95. The van der Waals surface area contributed by atoms with Crippen LogP contribution in [-0.2, 0) is 22.2 Å². The summed E-state index contributed by atoms with van der Waals surface area (Å²) in [6.45, 7) is -0.0934. The third-order valence-electron chi connectivity index (χ3n) is 3.01. The number of benzene rings is 2. The predicted molar refractivity (Wildman–Crippen MR) is 85.3 cm³/mol. The second-order valence-corrected chi connectivity index (χ2v) is 7.22. The van der Waals surface area contributed by atoms with Gasteiger partial charge in [-0.2, -0.15) is 0 Å². The molecule has 2 aromatic carbocycles. The minimum atomic E-state index is -3.09. The van der Waals surface area contributed by atoms with Crippen molar-refractivity contribution in [2.24, 2.45) is 0 Å². The van der Waals surface area contributed by atoms with Crippen LogP contribution in [0.1, 0.15) is 21.5 Å². The highest BCUT2D eigenvalue weighted by Gasteiger charge is 2.08. The highest BCUT2D eigenvalue weighted by Crippen LogP contribution is 2.13. The minimum Gasteiger partial charge on any atom is -0.392 e. The van der Waals surface area contributed by atoms with Gasteiger partial charge >= 0.3 is 0 Å². The summed E-state index contributed by atoms with van der Waals surface area (Å²) in [5.41, 5.74) is 2.38. The number of anilines is 1. The van der Waals surface area contributed by atoms with Gasteiger partial charge in [0.25, 0.3) is 5.91 Å². The van der Waals surface area contributed by atoms with E-state index in [1.807, 2.05) is 0 Å². The molecular formula is C16H17NO4S. The van der Waals surface area contributed by atoms with E-state index in [0.717, 1.165) is 0 Å². The van der Waals surface area contributed by atoms with Crippen LogP contribution >= 0.6 is 0 Å². The summed E-state index contributed by atoms with van der Waals surface area (Å²) in [5, 5.41) is 11.8. The molecular weight excluding hydrogens is 302 g/mol. The van der Waals surface area contributed by atoms with Crippen LogP contribution in [0.5, 0.6) is 0 Å². The Morgan fingerprint density at radius 2 is 1.77 bits per heavy atom. The van der Waals surface area contributed by atoms with Gasteiger partial charge < -0.3 is 10.4 Å². The first kappa shape index (κ1) is 16.2. The van der Waals surface area contributed by atoms with Gasteiger partial charge in [-0.05, 0) is 35.4 Å². The van der Waals surface area contributed by atoms with Gasteiger partial charge in [0.2, 0.25) is 0 Å². The van der Waals surface area contributed by atoms with E-state index in [9.17, 15) is 13.2 Å². The van der Waals surface area contributed by atoms with Crippen LogP contribution in [0.25, 0.3) is 0 Å². The first-order valence-electron chi connectivity index (χ1n) is 6.65. The zero-order valence-corrected chi connectivity index (χ0v) is 12.9. The molecule has 0 saturated carbocycles. The molecule has 1 amide bonds. The van der Waals surface area contributed by atoms with Crippen LogP contribution in [0.15, 0.2) is 48.5 Å². The van der Waals surface area contributed by atoms with Gasteiger partial charge in [0.05, 0.1) is 12.4 Å². The van der Waals surface area contributed by atoms with Crippen LogP contribution < -0.4 is 5.32 Å². The quantitative estimate of drug-likeness (QED) is 0.882. The van der Waals surface area contributed by atoms with Crippen LogP contribution in [0.2, 0.25) is 0 Å². The molecule has 22 heavy (non-hydrogen) atoms. The lowest BCUT2D eigenvalue weighted by Crippen LogP contribution is -2.12. The molecule has 5 nitrogen and oxygen atoms in total. The Morgan fingerprint density at radius 1 is 1.09 bits per heavy atom. The zero-order valence-electron chi connectivity index (χ0n) is 12.1. The number of carbonyl (C=O) groups is 1. The molecule has 0 unspecified atom stereocenters. The maximum absolute atomic E-state index is 12.1. The Morgan fingerprint density at radius 3 is 2.36 bits per heavy atom. The van der Waals surface area contributed by atoms with Crippen LogP contribution in [-0.4, -0.2) is 25.7 Å². The molecule has 0 aromatic heterocycles. The van der Waals surface area contributed by atoms with Gasteiger partial charge in [-0.25, -0.2) is 8.42 Å². The van der Waals surface area contributed by atoms with E-state index in [2.05, 4.69) is 5.32 Å². The first-order chi connectivity index (χ1) is 10.4. The third kappa shape index (κ3) is 4.68. The fourth-order valence-corrected chi connectivity index (χ4v) is 2.80. The number of aliphatic hydroxyl groups is 1. The Bertz CT molecular complexity index is 767. The fourth-order valence-electron chi connectivity index (χ4n) is 2.01. The molecule has 116 valence electrons. The summed E-state index contributed by atoms with van der Waals surface area (Å²) >= 11 is 0. The van der Waals surface area contributed by atoms with Crippen LogP contribution in [0.3, 0.4) is 0 Å². The maximum atomic E-state index is 12.1. The molecule has 0 radical (unpaired) electrons. The van der Waals surface area contributed by atoms with E-state index >= 15 is 0 Å². The van der Waals surface area contributed by atoms with Gasteiger partial charge in [0, 0.05) is 17.5 Å². The second kappa shape index (κ2) is 6.72. The highest BCUT2D eigenvalue weighted by molar-refractivity contribution is 7.89. The van der Waals surface area contributed by atoms with Crippen molar-refractivity contribution in [3.05, 3.63) is 65.2 Å². The van der Waals surface area contributed by atoms with Crippen molar-refractivity contribution < 1.29 is 18.3 Å². The van der Waals surface area contributed by atoms with Crippen LogP contribution in [0, 0.1) is 0 Å². The topological polar surface area (TPSA) is 83.5 Å². The highest BCUT2D eigenvalue weighted by atomic mass is 32.2. The molecule has 0 spiro atoms. The molecule has 0 aliphatic heterocycles. The van der Waals surface area contributed by atoms with E-state index in [1.54, 1.807) is 48.5 Å². The lowest BCUT2D eigenvalue weighted by molar-refractivity contribution is 0.102. The molecule has 0 heterocycles. The second-order valence-electron chi connectivity index (χ2n) is 5.08. The molecule has 0 saturated heterocycles. The standard InChI is InChI=1S/C16H17NO4S/c1-22(20,21)11-12-5-7-14(8-6-12)16(19)17-15-4-2-3-13(9-15)10-18/h2-9,18H,10-11H2,1H3,(H,17,19). The van der Waals surface area contributed by atoms with Crippen molar-refractivity contribution in [3.63, 3.8) is 0 Å². The number of sulfone groups is 1. The van der Waals surface area contributed by atoms with E-state index in [-0.39, 0.29) is 18.3 Å². The number of aliphatic hydroxyl groups excluding tert-OH is 1. The third-order valence-corrected chi connectivity index (χ3v) is 3.87. The molecule has 6 heteroatoms.